The Kier molecular flexibility index (Phi) is 3.24. The summed E-state index contributed by atoms with van der Waals surface area (Å²) in [5.74, 6) is 0.206. The number of ether oxygens (including phenoxy) is 1. The zero-order valence-corrected chi connectivity index (χ0v) is 9.64. The van der Waals surface area contributed by atoms with E-state index in [2.05, 4.69) is 10.3 Å². The highest BCUT2D eigenvalue weighted by Gasteiger charge is 2.25. The maximum Gasteiger partial charge on any atom is 0.313 e. The molecule has 1 fully saturated rings. The molecule has 0 saturated heterocycles. The molecule has 1 heterocycles. The van der Waals surface area contributed by atoms with Crippen LogP contribution in [0.3, 0.4) is 0 Å². The zero-order valence-electron chi connectivity index (χ0n) is 9.64. The first-order valence-corrected chi connectivity index (χ1v) is 5.60. The number of aromatic nitrogens is 2. The maximum atomic E-state index is 11.9. The van der Waals surface area contributed by atoms with Gasteiger partial charge in [0.15, 0.2) is 0 Å². The summed E-state index contributed by atoms with van der Waals surface area (Å²) in [6.07, 6.45) is 5.46. The molecule has 1 aliphatic carbocycles. The fourth-order valence-electron chi connectivity index (χ4n) is 1.65. The third-order valence-electron chi connectivity index (χ3n) is 2.58. The van der Waals surface area contributed by atoms with Crippen molar-refractivity contribution in [2.24, 2.45) is 0 Å². The van der Waals surface area contributed by atoms with Crippen molar-refractivity contribution in [2.75, 3.05) is 13.6 Å². The van der Waals surface area contributed by atoms with Gasteiger partial charge in [0.25, 0.3) is 5.88 Å². The Hall–Kier alpha value is -1.36. The van der Waals surface area contributed by atoms with Crippen LogP contribution in [0.25, 0.3) is 0 Å². The van der Waals surface area contributed by atoms with E-state index < -0.39 is 0 Å². The molecular weight excluding hydrogens is 206 g/mol. The molecule has 5 nitrogen and oxygen atoms in total. The molecule has 0 aliphatic heterocycles. The first-order chi connectivity index (χ1) is 7.72. The smallest absolute Gasteiger partial charge is 0.313 e. The molecule has 2 rings (SSSR count). The molecule has 1 aromatic rings. The van der Waals surface area contributed by atoms with Crippen LogP contribution in [0, 0.1) is 0 Å². The second-order valence-corrected chi connectivity index (χ2v) is 4.16. The Morgan fingerprint density at radius 2 is 2.44 bits per heavy atom. The molecule has 0 radical (unpaired) electrons. The van der Waals surface area contributed by atoms with Crippen molar-refractivity contribution in [3.63, 3.8) is 0 Å². The summed E-state index contributed by atoms with van der Waals surface area (Å²) >= 11 is 0. The van der Waals surface area contributed by atoms with E-state index in [1.165, 1.54) is 0 Å². The maximum absolute atomic E-state index is 11.9. The average molecular weight is 223 g/mol. The lowest BCUT2D eigenvalue weighted by Gasteiger charge is -2.13. The van der Waals surface area contributed by atoms with Gasteiger partial charge in [0.1, 0.15) is 6.10 Å². The third-order valence-corrected chi connectivity index (χ3v) is 2.58. The summed E-state index contributed by atoms with van der Waals surface area (Å²) in [5, 5.41) is 3.00. The van der Waals surface area contributed by atoms with Gasteiger partial charge in [-0.2, -0.15) is 0 Å². The van der Waals surface area contributed by atoms with Crippen LogP contribution < -0.4 is 15.6 Å². The Labute approximate surface area is 94.5 Å². The van der Waals surface area contributed by atoms with Gasteiger partial charge in [0, 0.05) is 25.0 Å². The lowest BCUT2D eigenvalue weighted by molar-refractivity contribution is 0.206. The van der Waals surface area contributed by atoms with Gasteiger partial charge < -0.3 is 14.6 Å². The highest BCUT2D eigenvalue weighted by atomic mass is 16.5. The summed E-state index contributed by atoms with van der Waals surface area (Å²) < 4.78 is 7.21. The minimum atomic E-state index is -0.118. The van der Waals surface area contributed by atoms with E-state index in [0.29, 0.717) is 12.6 Å². The van der Waals surface area contributed by atoms with Crippen LogP contribution in [-0.4, -0.2) is 29.2 Å². The van der Waals surface area contributed by atoms with Crippen LogP contribution in [0.4, 0.5) is 0 Å². The van der Waals surface area contributed by atoms with Crippen LogP contribution in [0.2, 0.25) is 0 Å². The first kappa shape index (κ1) is 11.1. The number of nitrogens with zero attached hydrogens (tertiary/aromatic N) is 2. The van der Waals surface area contributed by atoms with E-state index in [1.54, 1.807) is 17.0 Å². The molecule has 1 unspecified atom stereocenters. The van der Waals surface area contributed by atoms with E-state index in [0.717, 1.165) is 12.8 Å². The first-order valence-electron chi connectivity index (χ1n) is 5.60. The fourth-order valence-corrected chi connectivity index (χ4v) is 1.65. The Morgan fingerprint density at radius 1 is 1.69 bits per heavy atom. The van der Waals surface area contributed by atoms with Crippen molar-refractivity contribution in [3.05, 3.63) is 22.7 Å². The number of rotatable bonds is 5. The summed E-state index contributed by atoms with van der Waals surface area (Å²) in [6.45, 7) is 2.60. The van der Waals surface area contributed by atoms with Gasteiger partial charge >= 0.3 is 5.56 Å². The molecule has 0 bridgehead atoms. The van der Waals surface area contributed by atoms with Crippen molar-refractivity contribution in [1.29, 1.82) is 0 Å². The normalized spacial score (nSPS) is 17.1. The van der Waals surface area contributed by atoms with E-state index >= 15 is 0 Å². The third kappa shape index (κ3) is 2.41. The Morgan fingerprint density at radius 3 is 3.06 bits per heavy atom. The van der Waals surface area contributed by atoms with Gasteiger partial charge in [-0.15, -0.1) is 0 Å². The van der Waals surface area contributed by atoms with E-state index in [-0.39, 0.29) is 17.5 Å². The van der Waals surface area contributed by atoms with Gasteiger partial charge in [0.05, 0.1) is 0 Å². The van der Waals surface area contributed by atoms with Gasteiger partial charge in [-0.25, -0.2) is 4.98 Å². The lowest BCUT2D eigenvalue weighted by atomic mass is 10.4. The molecule has 16 heavy (non-hydrogen) atoms. The zero-order chi connectivity index (χ0) is 11.5. The van der Waals surface area contributed by atoms with Gasteiger partial charge in [-0.05, 0) is 26.8 Å². The standard InChI is InChI=1S/C11H17N3O2/c1-8(7-12-2)16-10-11(15)14(6-5-13-10)9-3-4-9/h5-6,8-9,12H,3-4,7H2,1-2H3. The van der Waals surface area contributed by atoms with E-state index in [4.69, 9.17) is 4.74 Å². The number of nitrogens with one attached hydrogen (secondary N) is 1. The second kappa shape index (κ2) is 4.65. The molecule has 1 saturated carbocycles. The van der Waals surface area contributed by atoms with Gasteiger partial charge in [0.2, 0.25) is 0 Å². The summed E-state index contributed by atoms with van der Waals surface area (Å²) in [5.41, 5.74) is -0.118. The van der Waals surface area contributed by atoms with Crippen LogP contribution in [0.5, 0.6) is 5.88 Å². The van der Waals surface area contributed by atoms with Crippen molar-refractivity contribution in [2.45, 2.75) is 31.9 Å². The molecule has 1 atom stereocenters. The Balaban J connectivity index is 2.14. The Bertz CT molecular complexity index is 412. The summed E-state index contributed by atoms with van der Waals surface area (Å²) in [6, 6.07) is 0.359. The lowest BCUT2D eigenvalue weighted by Crippen LogP contribution is -2.30. The summed E-state index contributed by atoms with van der Waals surface area (Å²) in [4.78, 5) is 15.9. The fraction of sp³-hybridized carbons (Fsp3) is 0.636. The minimum absolute atomic E-state index is 0.0553. The molecule has 0 aromatic carbocycles. The van der Waals surface area contributed by atoms with Gasteiger partial charge in [-0.3, -0.25) is 4.79 Å². The van der Waals surface area contributed by atoms with Crippen LogP contribution in [0.1, 0.15) is 25.8 Å². The van der Waals surface area contributed by atoms with Crippen molar-refractivity contribution in [1.82, 2.24) is 14.9 Å². The van der Waals surface area contributed by atoms with Crippen molar-refractivity contribution >= 4 is 0 Å². The number of hydrogen-bond donors (Lipinski definition) is 1. The van der Waals surface area contributed by atoms with Gasteiger partial charge in [-0.1, -0.05) is 0 Å². The van der Waals surface area contributed by atoms with Crippen LogP contribution in [-0.2, 0) is 0 Å². The largest absolute Gasteiger partial charge is 0.469 e. The molecule has 0 amide bonds. The SMILES string of the molecule is CNCC(C)Oc1nccn(C2CC2)c1=O. The predicted molar refractivity (Wildman–Crippen MR) is 60.8 cm³/mol. The average Bonchev–Trinajstić information content (AvgIpc) is 3.05. The minimum Gasteiger partial charge on any atom is -0.469 e. The molecule has 5 heteroatoms. The topological polar surface area (TPSA) is 56.1 Å². The quantitative estimate of drug-likeness (QED) is 0.792. The van der Waals surface area contributed by atoms with Crippen molar-refractivity contribution < 1.29 is 4.74 Å². The highest BCUT2D eigenvalue weighted by Crippen LogP contribution is 2.33. The second-order valence-electron chi connectivity index (χ2n) is 4.16. The molecule has 88 valence electrons. The van der Waals surface area contributed by atoms with Crippen LogP contribution >= 0.6 is 0 Å². The molecular formula is C11H17N3O2. The van der Waals surface area contributed by atoms with Crippen LogP contribution in [0.15, 0.2) is 17.2 Å². The predicted octanol–water partition coefficient (Wildman–Crippen LogP) is 0.565. The van der Waals surface area contributed by atoms with E-state index in [1.807, 2.05) is 14.0 Å². The monoisotopic (exact) mass is 223 g/mol. The van der Waals surface area contributed by atoms with E-state index in [9.17, 15) is 4.79 Å². The molecule has 0 spiro atoms. The highest BCUT2D eigenvalue weighted by molar-refractivity contribution is 5.07. The van der Waals surface area contributed by atoms with Crippen molar-refractivity contribution in [3.8, 4) is 5.88 Å². The summed E-state index contributed by atoms with van der Waals surface area (Å²) in [7, 11) is 1.85. The number of hydrogen-bond acceptors (Lipinski definition) is 4. The molecule has 1 aliphatic rings. The number of likely N-dealkylation sites (N-methyl/N-ethyl adjacent to an activating group) is 1. The molecule has 1 aromatic heterocycles. The molecule has 1 N–H and O–H groups in total.